The van der Waals surface area contributed by atoms with Gasteiger partial charge in [0.2, 0.25) is 10.0 Å². The van der Waals surface area contributed by atoms with Crippen LogP contribution in [0.5, 0.6) is 0 Å². The van der Waals surface area contributed by atoms with E-state index in [2.05, 4.69) is 9.82 Å². The topological polar surface area (TPSA) is 90.0 Å². The van der Waals surface area contributed by atoms with Crippen LogP contribution in [0.4, 0.5) is 0 Å². The van der Waals surface area contributed by atoms with Gasteiger partial charge in [-0.1, -0.05) is 0 Å². The zero-order valence-corrected chi connectivity index (χ0v) is 11.4. The average molecular weight is 278 g/mol. The van der Waals surface area contributed by atoms with Crippen LogP contribution in [-0.2, 0) is 16.6 Å². The van der Waals surface area contributed by atoms with Crippen LogP contribution in [0, 0.1) is 0 Å². The van der Waals surface area contributed by atoms with E-state index in [4.69, 9.17) is 5.73 Å². The second-order valence-corrected chi connectivity index (χ2v) is 6.22. The van der Waals surface area contributed by atoms with Gasteiger partial charge < -0.3 is 5.73 Å². The average Bonchev–Trinajstić information content (AvgIpc) is 2.74. The van der Waals surface area contributed by atoms with Gasteiger partial charge in [0, 0.05) is 19.3 Å². The molecule has 0 aliphatic rings. The van der Waals surface area contributed by atoms with E-state index in [0.717, 1.165) is 12.2 Å². The second-order valence-electron chi connectivity index (χ2n) is 3.47. The minimum atomic E-state index is -3.42. The molecule has 0 saturated carbocycles. The lowest BCUT2D eigenvalue weighted by atomic mass is 10.5. The molecule has 1 aromatic rings. The summed E-state index contributed by atoms with van der Waals surface area (Å²) in [6, 6.07) is 0. The Morgan fingerprint density at radius 1 is 1.59 bits per heavy atom. The van der Waals surface area contributed by atoms with Crippen LogP contribution < -0.4 is 10.5 Å². The van der Waals surface area contributed by atoms with Crippen LogP contribution in [-0.4, -0.2) is 43.3 Å². The first-order valence-corrected chi connectivity index (χ1v) is 8.19. The Hall–Kier alpha value is -0.570. The Labute approximate surface area is 106 Å². The summed E-state index contributed by atoms with van der Waals surface area (Å²) < 4.78 is 27.7. The summed E-state index contributed by atoms with van der Waals surface area (Å²) in [4.78, 5) is 0.190. The maximum atomic E-state index is 11.8. The van der Waals surface area contributed by atoms with Crippen molar-refractivity contribution in [1.29, 1.82) is 0 Å². The van der Waals surface area contributed by atoms with Crippen LogP contribution in [0.3, 0.4) is 0 Å². The van der Waals surface area contributed by atoms with Crippen molar-refractivity contribution >= 4 is 21.8 Å². The third-order valence-corrected chi connectivity index (χ3v) is 4.21. The maximum absolute atomic E-state index is 11.8. The van der Waals surface area contributed by atoms with Crippen molar-refractivity contribution in [2.75, 3.05) is 25.1 Å². The summed E-state index contributed by atoms with van der Waals surface area (Å²) >= 11 is 1.69. The van der Waals surface area contributed by atoms with Crippen LogP contribution in [0.25, 0.3) is 0 Å². The van der Waals surface area contributed by atoms with E-state index in [0.29, 0.717) is 19.6 Å². The van der Waals surface area contributed by atoms with E-state index in [1.807, 2.05) is 6.26 Å². The molecule has 3 N–H and O–H groups in total. The molecule has 0 fully saturated rings. The fourth-order valence-corrected chi connectivity index (χ4v) is 2.70. The predicted octanol–water partition coefficient (Wildman–Crippen LogP) is -0.127. The van der Waals surface area contributed by atoms with Crippen LogP contribution in [0.2, 0.25) is 0 Å². The van der Waals surface area contributed by atoms with Crippen molar-refractivity contribution in [3.63, 3.8) is 0 Å². The summed E-state index contributed by atoms with van der Waals surface area (Å²) in [6.45, 7) is 1.40. The molecule has 6 nitrogen and oxygen atoms in total. The van der Waals surface area contributed by atoms with Crippen molar-refractivity contribution in [2.45, 2.75) is 17.9 Å². The van der Waals surface area contributed by atoms with Gasteiger partial charge in [-0.15, -0.1) is 0 Å². The molecule has 0 saturated heterocycles. The monoisotopic (exact) mass is 278 g/mol. The largest absolute Gasteiger partial charge is 0.329 e. The highest BCUT2D eigenvalue weighted by molar-refractivity contribution is 7.98. The lowest BCUT2D eigenvalue weighted by Gasteiger charge is -2.03. The smallest absolute Gasteiger partial charge is 0.243 e. The number of hydrogen-bond donors (Lipinski definition) is 2. The molecule has 0 aliphatic heterocycles. The predicted molar refractivity (Wildman–Crippen MR) is 69.5 cm³/mol. The first kappa shape index (κ1) is 14.5. The molecule has 1 heterocycles. The highest BCUT2D eigenvalue weighted by Gasteiger charge is 2.15. The minimum absolute atomic E-state index is 0.190. The summed E-state index contributed by atoms with van der Waals surface area (Å²) in [5.41, 5.74) is 5.36. The standard InChI is InChI=1S/C9H18N4O2S2/c1-16-6-2-4-12-17(14,15)9-7-11-13(8-9)5-3-10/h7-8,12H,2-6,10H2,1H3. The van der Waals surface area contributed by atoms with Gasteiger partial charge in [-0.2, -0.15) is 16.9 Å². The lowest BCUT2D eigenvalue weighted by Crippen LogP contribution is -2.24. The molecule has 17 heavy (non-hydrogen) atoms. The molecule has 0 unspecified atom stereocenters. The number of nitrogens with two attached hydrogens (primary N) is 1. The molecule has 0 aromatic carbocycles. The highest BCUT2D eigenvalue weighted by atomic mass is 32.2. The zero-order chi connectivity index (χ0) is 12.7. The van der Waals surface area contributed by atoms with E-state index in [-0.39, 0.29) is 4.90 Å². The summed E-state index contributed by atoms with van der Waals surface area (Å²) in [6.07, 6.45) is 5.64. The molecule has 0 atom stereocenters. The molecular weight excluding hydrogens is 260 g/mol. The summed E-state index contributed by atoms with van der Waals surface area (Å²) in [5, 5.41) is 3.93. The van der Waals surface area contributed by atoms with Crippen LogP contribution in [0.1, 0.15) is 6.42 Å². The quantitative estimate of drug-likeness (QED) is 0.647. The lowest BCUT2D eigenvalue weighted by molar-refractivity contribution is 0.580. The number of thioether (sulfide) groups is 1. The van der Waals surface area contributed by atoms with Gasteiger partial charge >= 0.3 is 0 Å². The molecule has 98 valence electrons. The van der Waals surface area contributed by atoms with Gasteiger partial charge in [0.1, 0.15) is 4.90 Å². The van der Waals surface area contributed by atoms with Crippen molar-refractivity contribution in [1.82, 2.24) is 14.5 Å². The number of sulfonamides is 1. The molecule has 8 heteroatoms. The van der Waals surface area contributed by atoms with E-state index in [9.17, 15) is 8.42 Å². The summed E-state index contributed by atoms with van der Waals surface area (Å²) in [5.74, 6) is 0.939. The highest BCUT2D eigenvalue weighted by Crippen LogP contribution is 2.06. The fourth-order valence-electron chi connectivity index (χ4n) is 1.24. The number of rotatable bonds is 8. The van der Waals surface area contributed by atoms with Gasteiger partial charge in [-0.3, -0.25) is 4.68 Å². The van der Waals surface area contributed by atoms with Crippen LogP contribution in [0.15, 0.2) is 17.3 Å². The van der Waals surface area contributed by atoms with Gasteiger partial charge in [0.25, 0.3) is 0 Å². The van der Waals surface area contributed by atoms with Crippen LogP contribution >= 0.6 is 11.8 Å². The zero-order valence-electron chi connectivity index (χ0n) is 9.80. The van der Waals surface area contributed by atoms with Gasteiger partial charge in [0.05, 0.1) is 12.7 Å². The van der Waals surface area contributed by atoms with Crippen molar-refractivity contribution in [3.05, 3.63) is 12.4 Å². The first-order valence-electron chi connectivity index (χ1n) is 5.31. The normalized spacial score (nSPS) is 11.9. The van der Waals surface area contributed by atoms with E-state index in [1.165, 1.54) is 17.1 Å². The van der Waals surface area contributed by atoms with Crippen molar-refractivity contribution in [3.8, 4) is 0 Å². The van der Waals surface area contributed by atoms with Crippen molar-refractivity contribution in [2.24, 2.45) is 5.73 Å². The SMILES string of the molecule is CSCCCNS(=O)(=O)c1cnn(CCN)c1. The maximum Gasteiger partial charge on any atom is 0.243 e. The fraction of sp³-hybridized carbons (Fsp3) is 0.667. The Balaban J connectivity index is 2.56. The molecule has 0 spiro atoms. The third kappa shape index (κ3) is 4.66. The Bertz CT molecular complexity index is 430. The van der Waals surface area contributed by atoms with E-state index >= 15 is 0 Å². The number of nitrogens with zero attached hydrogens (tertiary/aromatic N) is 2. The molecule has 1 aromatic heterocycles. The molecular formula is C9H18N4O2S2. The van der Waals surface area contributed by atoms with E-state index in [1.54, 1.807) is 11.8 Å². The Morgan fingerprint density at radius 3 is 3.00 bits per heavy atom. The Kier molecular flexibility index (Phi) is 5.96. The number of nitrogens with one attached hydrogen (secondary N) is 1. The van der Waals surface area contributed by atoms with Gasteiger partial charge in [-0.25, -0.2) is 13.1 Å². The molecule has 0 amide bonds. The number of hydrogen-bond acceptors (Lipinski definition) is 5. The molecule has 0 radical (unpaired) electrons. The van der Waals surface area contributed by atoms with Gasteiger partial charge in [-0.05, 0) is 18.4 Å². The van der Waals surface area contributed by atoms with Gasteiger partial charge in [0.15, 0.2) is 0 Å². The Morgan fingerprint density at radius 2 is 2.35 bits per heavy atom. The second kappa shape index (κ2) is 7.00. The van der Waals surface area contributed by atoms with Crippen molar-refractivity contribution < 1.29 is 8.42 Å². The number of aromatic nitrogens is 2. The minimum Gasteiger partial charge on any atom is -0.329 e. The van der Waals surface area contributed by atoms with E-state index < -0.39 is 10.0 Å². The third-order valence-electron chi connectivity index (χ3n) is 2.10. The molecule has 0 aliphatic carbocycles. The first-order chi connectivity index (χ1) is 8.10. The summed E-state index contributed by atoms with van der Waals surface area (Å²) in [7, 11) is -3.42. The molecule has 0 bridgehead atoms. The molecule has 1 rings (SSSR count).